The van der Waals surface area contributed by atoms with Gasteiger partial charge in [0.25, 0.3) is 5.69 Å². The second kappa shape index (κ2) is 6.87. The van der Waals surface area contributed by atoms with Gasteiger partial charge < -0.3 is 5.11 Å². The van der Waals surface area contributed by atoms with Gasteiger partial charge in [-0.2, -0.15) is 18.3 Å². The molecule has 2 aromatic rings. The van der Waals surface area contributed by atoms with Crippen molar-refractivity contribution in [2.75, 3.05) is 5.43 Å². The molecule has 10 heteroatoms. The molecule has 0 radical (unpaired) electrons. The number of halogens is 4. The van der Waals surface area contributed by atoms with Crippen LogP contribution in [0.1, 0.15) is 11.1 Å². The maximum absolute atomic E-state index is 12.6. The van der Waals surface area contributed by atoms with Gasteiger partial charge in [-0.1, -0.05) is 0 Å². The average Bonchev–Trinajstić information content (AvgIpc) is 2.50. The Hall–Kier alpha value is -2.62. The molecule has 126 valence electrons. The van der Waals surface area contributed by atoms with Crippen LogP contribution in [0.3, 0.4) is 0 Å². The van der Waals surface area contributed by atoms with Gasteiger partial charge in [0.1, 0.15) is 11.4 Å². The molecule has 2 N–H and O–H groups in total. The van der Waals surface area contributed by atoms with E-state index in [2.05, 4.69) is 26.5 Å². The van der Waals surface area contributed by atoms with Crippen LogP contribution in [0, 0.1) is 10.1 Å². The lowest BCUT2D eigenvalue weighted by Gasteiger charge is -2.08. The highest BCUT2D eigenvalue weighted by Gasteiger charge is 2.33. The molecular weight excluding hydrogens is 395 g/mol. The summed E-state index contributed by atoms with van der Waals surface area (Å²) in [5, 5.41) is 24.0. The Bertz CT molecular complexity index is 810. The Labute approximate surface area is 141 Å². The minimum atomic E-state index is -4.68. The van der Waals surface area contributed by atoms with Crippen LogP contribution in [0.2, 0.25) is 0 Å². The lowest BCUT2D eigenvalue weighted by molar-refractivity contribution is -0.384. The van der Waals surface area contributed by atoms with Gasteiger partial charge in [0.2, 0.25) is 0 Å². The molecule has 0 aromatic heterocycles. The molecule has 0 atom stereocenters. The summed E-state index contributed by atoms with van der Waals surface area (Å²) in [7, 11) is 0. The SMILES string of the molecule is O=[N+]([O-])c1cc(C(F)(F)F)ccc1N/N=C/c1ccc(O)c(Br)c1. The number of hydrazone groups is 1. The van der Waals surface area contributed by atoms with Crippen molar-refractivity contribution in [1.29, 1.82) is 0 Å². The van der Waals surface area contributed by atoms with Crippen molar-refractivity contribution in [2.45, 2.75) is 6.18 Å². The smallest absolute Gasteiger partial charge is 0.416 e. The highest BCUT2D eigenvalue weighted by molar-refractivity contribution is 9.10. The Morgan fingerprint density at radius 3 is 2.54 bits per heavy atom. The largest absolute Gasteiger partial charge is 0.507 e. The molecule has 24 heavy (non-hydrogen) atoms. The number of rotatable bonds is 4. The summed E-state index contributed by atoms with van der Waals surface area (Å²) < 4.78 is 38.3. The van der Waals surface area contributed by atoms with E-state index in [1.165, 1.54) is 18.3 Å². The molecular formula is C14H9BrF3N3O3. The van der Waals surface area contributed by atoms with Crippen molar-refractivity contribution in [3.8, 4) is 5.75 Å². The number of benzene rings is 2. The molecule has 6 nitrogen and oxygen atoms in total. The second-order valence-corrected chi connectivity index (χ2v) is 5.42. The molecule has 0 aliphatic carbocycles. The van der Waals surface area contributed by atoms with E-state index in [9.17, 15) is 28.4 Å². The van der Waals surface area contributed by atoms with Crippen LogP contribution in [0.4, 0.5) is 24.5 Å². The third-order valence-corrected chi connectivity index (χ3v) is 3.53. The molecule has 0 fully saturated rings. The summed E-state index contributed by atoms with van der Waals surface area (Å²) in [6, 6.07) is 6.59. The molecule has 0 heterocycles. The third-order valence-electron chi connectivity index (χ3n) is 2.89. The standard InChI is InChI=1S/C14H9BrF3N3O3/c15-10-5-8(1-4-13(10)22)7-19-20-11-3-2-9(14(16,17)18)6-12(11)21(23)24/h1-7,20,22H/b19-7+. The first-order valence-corrected chi connectivity index (χ1v) is 7.11. The van der Waals surface area contributed by atoms with Crippen LogP contribution >= 0.6 is 15.9 Å². The van der Waals surface area contributed by atoms with E-state index in [1.54, 1.807) is 6.07 Å². The van der Waals surface area contributed by atoms with Gasteiger partial charge in [0.15, 0.2) is 0 Å². The van der Waals surface area contributed by atoms with Gasteiger partial charge >= 0.3 is 6.18 Å². The zero-order valence-electron chi connectivity index (χ0n) is 11.7. The predicted molar refractivity (Wildman–Crippen MR) is 85.1 cm³/mol. The molecule has 0 aliphatic heterocycles. The van der Waals surface area contributed by atoms with Crippen molar-refractivity contribution in [3.05, 3.63) is 62.1 Å². The molecule has 0 aliphatic rings. The predicted octanol–water partition coefficient (Wildman–Crippen LogP) is 4.53. The Kier molecular flexibility index (Phi) is 5.07. The summed E-state index contributed by atoms with van der Waals surface area (Å²) in [5.41, 5.74) is 0.856. The number of anilines is 1. The fourth-order valence-electron chi connectivity index (χ4n) is 1.73. The van der Waals surface area contributed by atoms with Gasteiger partial charge in [-0.25, -0.2) is 0 Å². The van der Waals surface area contributed by atoms with Gasteiger partial charge in [0.05, 0.1) is 21.2 Å². The first-order chi connectivity index (χ1) is 11.2. The Balaban J connectivity index is 2.24. The lowest BCUT2D eigenvalue weighted by atomic mass is 10.1. The first-order valence-electron chi connectivity index (χ1n) is 6.31. The lowest BCUT2D eigenvalue weighted by Crippen LogP contribution is -2.06. The number of phenols is 1. The maximum atomic E-state index is 12.6. The van der Waals surface area contributed by atoms with Gasteiger partial charge in [-0.3, -0.25) is 15.5 Å². The van der Waals surface area contributed by atoms with E-state index in [-0.39, 0.29) is 11.4 Å². The Morgan fingerprint density at radius 2 is 1.96 bits per heavy atom. The van der Waals surface area contributed by atoms with E-state index >= 15 is 0 Å². The zero-order valence-corrected chi connectivity index (χ0v) is 13.3. The number of nitro groups is 1. The number of nitrogens with one attached hydrogen (secondary N) is 1. The summed E-state index contributed by atoms with van der Waals surface area (Å²) in [6.45, 7) is 0. The molecule has 0 saturated carbocycles. The maximum Gasteiger partial charge on any atom is 0.416 e. The molecule has 0 amide bonds. The quantitative estimate of drug-likeness (QED) is 0.446. The van der Waals surface area contributed by atoms with Crippen LogP contribution in [0.5, 0.6) is 5.75 Å². The molecule has 0 saturated heterocycles. The number of nitrogens with zero attached hydrogens (tertiary/aromatic N) is 2. The molecule has 0 bridgehead atoms. The van der Waals surface area contributed by atoms with E-state index in [0.29, 0.717) is 16.1 Å². The molecule has 0 spiro atoms. The Morgan fingerprint density at radius 1 is 1.25 bits per heavy atom. The van der Waals surface area contributed by atoms with Crippen LogP contribution in [0.15, 0.2) is 46.0 Å². The number of phenolic OH excluding ortho intramolecular Hbond substituents is 1. The topological polar surface area (TPSA) is 87.8 Å². The van der Waals surface area contributed by atoms with Gasteiger partial charge in [0, 0.05) is 6.07 Å². The summed E-state index contributed by atoms with van der Waals surface area (Å²) in [5.74, 6) is 0.0264. The highest BCUT2D eigenvalue weighted by atomic mass is 79.9. The number of alkyl halides is 3. The third kappa shape index (κ3) is 4.22. The highest BCUT2D eigenvalue weighted by Crippen LogP contribution is 2.35. The van der Waals surface area contributed by atoms with E-state index < -0.39 is 22.4 Å². The van der Waals surface area contributed by atoms with Gasteiger partial charge in [-0.05, 0) is 51.8 Å². The van der Waals surface area contributed by atoms with Crippen molar-refractivity contribution < 1.29 is 23.2 Å². The second-order valence-electron chi connectivity index (χ2n) is 4.57. The van der Waals surface area contributed by atoms with Crippen LogP contribution in [-0.4, -0.2) is 16.2 Å². The molecule has 2 aromatic carbocycles. The summed E-state index contributed by atoms with van der Waals surface area (Å²) in [6.07, 6.45) is -3.38. The zero-order chi connectivity index (χ0) is 17.9. The number of aromatic hydroxyl groups is 1. The van der Waals surface area contributed by atoms with Crippen LogP contribution < -0.4 is 5.43 Å². The van der Waals surface area contributed by atoms with Crippen molar-refractivity contribution in [3.63, 3.8) is 0 Å². The van der Waals surface area contributed by atoms with Crippen LogP contribution in [0.25, 0.3) is 0 Å². The van der Waals surface area contributed by atoms with E-state index in [0.717, 1.165) is 12.1 Å². The van der Waals surface area contributed by atoms with E-state index in [4.69, 9.17) is 0 Å². The monoisotopic (exact) mass is 403 g/mol. The molecule has 0 unspecified atom stereocenters. The normalized spacial score (nSPS) is 11.7. The average molecular weight is 404 g/mol. The minimum absolute atomic E-state index is 0.0264. The summed E-state index contributed by atoms with van der Waals surface area (Å²) >= 11 is 3.11. The van der Waals surface area contributed by atoms with Gasteiger partial charge in [-0.15, -0.1) is 0 Å². The van der Waals surface area contributed by atoms with Crippen molar-refractivity contribution >= 4 is 33.5 Å². The molecule has 2 rings (SSSR count). The number of nitro benzene ring substituents is 1. The fourth-order valence-corrected chi connectivity index (χ4v) is 2.13. The fraction of sp³-hybridized carbons (Fsp3) is 0.0714. The van der Waals surface area contributed by atoms with Crippen molar-refractivity contribution in [1.82, 2.24) is 0 Å². The van der Waals surface area contributed by atoms with Crippen molar-refractivity contribution in [2.24, 2.45) is 5.10 Å². The number of hydrogen-bond donors (Lipinski definition) is 2. The summed E-state index contributed by atoms with van der Waals surface area (Å²) in [4.78, 5) is 10.0. The first kappa shape index (κ1) is 17.7. The number of hydrogen-bond acceptors (Lipinski definition) is 5. The van der Waals surface area contributed by atoms with E-state index in [1.807, 2.05) is 0 Å². The van der Waals surface area contributed by atoms with Crippen LogP contribution in [-0.2, 0) is 6.18 Å². The minimum Gasteiger partial charge on any atom is -0.507 e.